The normalized spacial score (nSPS) is 14.4. The zero-order valence-corrected chi connectivity index (χ0v) is 15.9. The van der Waals surface area contributed by atoms with E-state index in [1.165, 1.54) is 14.0 Å². The maximum Gasteiger partial charge on any atom is 0.320 e. The van der Waals surface area contributed by atoms with Crippen LogP contribution in [0.5, 0.6) is 0 Å². The SMILES string of the molecule is COC(=O)C1(C(C)=O)CC(C#Cc2ccccc2)=C(C#Cc2ccccc2)C1. The van der Waals surface area contributed by atoms with Crippen LogP contribution in [-0.2, 0) is 14.3 Å². The molecule has 3 rings (SSSR count). The first kappa shape index (κ1) is 19.2. The van der Waals surface area contributed by atoms with Gasteiger partial charge in [0.15, 0.2) is 0 Å². The summed E-state index contributed by atoms with van der Waals surface area (Å²) in [5.41, 5.74) is 1.92. The molecule has 1 aliphatic carbocycles. The molecule has 1 aliphatic rings. The zero-order valence-electron chi connectivity index (χ0n) is 15.9. The van der Waals surface area contributed by atoms with E-state index in [0.29, 0.717) is 11.1 Å². The summed E-state index contributed by atoms with van der Waals surface area (Å²) in [5.74, 6) is 11.7. The third-order valence-corrected chi connectivity index (χ3v) is 4.83. The fourth-order valence-electron chi connectivity index (χ4n) is 3.19. The Bertz CT molecular complexity index is 969. The summed E-state index contributed by atoms with van der Waals surface area (Å²) in [6.45, 7) is 1.42. The fourth-order valence-corrected chi connectivity index (χ4v) is 3.19. The lowest BCUT2D eigenvalue weighted by Gasteiger charge is -2.22. The van der Waals surface area contributed by atoms with E-state index in [1.807, 2.05) is 60.7 Å². The molecule has 0 atom stereocenters. The number of hydrogen-bond donors (Lipinski definition) is 0. The topological polar surface area (TPSA) is 43.4 Å². The van der Waals surface area contributed by atoms with Crippen LogP contribution >= 0.6 is 0 Å². The third kappa shape index (κ3) is 4.05. The van der Waals surface area contributed by atoms with Crippen LogP contribution in [0, 0.1) is 29.1 Å². The second kappa shape index (κ2) is 8.42. The maximum atomic E-state index is 12.5. The molecule has 0 aromatic heterocycles. The first-order valence-corrected chi connectivity index (χ1v) is 9.01. The summed E-state index contributed by atoms with van der Waals surface area (Å²) >= 11 is 0. The van der Waals surface area contributed by atoms with Crippen LogP contribution in [0.15, 0.2) is 71.8 Å². The summed E-state index contributed by atoms with van der Waals surface area (Å²) in [7, 11) is 1.30. The highest BCUT2D eigenvalue weighted by Gasteiger charge is 2.49. The number of allylic oxidation sites excluding steroid dienone is 2. The van der Waals surface area contributed by atoms with E-state index >= 15 is 0 Å². The summed E-state index contributed by atoms with van der Waals surface area (Å²) in [6, 6.07) is 19.2. The van der Waals surface area contributed by atoms with Crippen molar-refractivity contribution in [2.45, 2.75) is 19.8 Å². The number of rotatable bonds is 2. The van der Waals surface area contributed by atoms with Crippen LogP contribution in [0.1, 0.15) is 30.9 Å². The Morgan fingerprint density at radius 1 is 0.786 bits per heavy atom. The van der Waals surface area contributed by atoms with Crippen molar-refractivity contribution in [1.29, 1.82) is 0 Å². The van der Waals surface area contributed by atoms with Crippen molar-refractivity contribution >= 4 is 11.8 Å². The lowest BCUT2D eigenvalue weighted by Crippen LogP contribution is -2.37. The van der Waals surface area contributed by atoms with Crippen molar-refractivity contribution in [2.24, 2.45) is 5.41 Å². The van der Waals surface area contributed by atoms with Crippen molar-refractivity contribution in [2.75, 3.05) is 7.11 Å². The van der Waals surface area contributed by atoms with Crippen molar-refractivity contribution in [3.05, 3.63) is 82.9 Å². The first-order chi connectivity index (χ1) is 13.5. The van der Waals surface area contributed by atoms with Crippen molar-refractivity contribution in [3.63, 3.8) is 0 Å². The van der Waals surface area contributed by atoms with Gasteiger partial charge in [-0.05, 0) is 31.2 Å². The maximum absolute atomic E-state index is 12.5. The van der Waals surface area contributed by atoms with Gasteiger partial charge in [-0.2, -0.15) is 0 Å². The highest BCUT2D eigenvalue weighted by molar-refractivity contribution is 6.04. The summed E-state index contributed by atoms with van der Waals surface area (Å²) in [4.78, 5) is 24.8. The molecular formula is C25H20O3. The number of carbonyl (C=O) groups is 2. The van der Waals surface area contributed by atoms with Gasteiger partial charge in [-0.1, -0.05) is 60.1 Å². The van der Waals surface area contributed by atoms with Crippen LogP contribution in [0.3, 0.4) is 0 Å². The van der Waals surface area contributed by atoms with Gasteiger partial charge in [0.2, 0.25) is 0 Å². The standard InChI is InChI=1S/C25H20O3/c1-19(26)25(24(27)28-2)17-22(15-13-20-9-5-3-6-10-20)23(18-25)16-14-21-11-7-4-8-12-21/h3-12H,17-18H2,1-2H3. The summed E-state index contributed by atoms with van der Waals surface area (Å²) < 4.78 is 4.94. The number of ether oxygens (including phenoxy) is 1. The van der Waals surface area contributed by atoms with Gasteiger partial charge in [0.25, 0.3) is 0 Å². The average molecular weight is 368 g/mol. The van der Waals surface area contributed by atoms with Crippen LogP contribution in [-0.4, -0.2) is 18.9 Å². The number of Topliss-reactive ketones (excluding diaryl/α,β-unsaturated/α-hetero) is 1. The minimum Gasteiger partial charge on any atom is -0.468 e. The highest BCUT2D eigenvalue weighted by atomic mass is 16.5. The average Bonchev–Trinajstić information content (AvgIpc) is 3.12. The minimum atomic E-state index is -1.24. The molecule has 0 fully saturated rings. The second-order valence-corrected chi connectivity index (χ2v) is 6.67. The van der Waals surface area contributed by atoms with Gasteiger partial charge in [-0.25, -0.2) is 0 Å². The van der Waals surface area contributed by atoms with Gasteiger partial charge in [0.1, 0.15) is 11.2 Å². The van der Waals surface area contributed by atoms with Crippen LogP contribution < -0.4 is 0 Å². The Kier molecular flexibility index (Phi) is 5.78. The molecule has 28 heavy (non-hydrogen) atoms. The third-order valence-electron chi connectivity index (χ3n) is 4.83. The van der Waals surface area contributed by atoms with Crippen LogP contribution in [0.25, 0.3) is 0 Å². The molecule has 0 bridgehead atoms. The molecule has 3 heteroatoms. The largest absolute Gasteiger partial charge is 0.468 e. The summed E-state index contributed by atoms with van der Waals surface area (Å²) in [6.07, 6.45) is 0.432. The smallest absolute Gasteiger partial charge is 0.320 e. The monoisotopic (exact) mass is 368 g/mol. The molecule has 2 aromatic carbocycles. The van der Waals surface area contributed by atoms with Gasteiger partial charge in [-0.15, -0.1) is 0 Å². The molecule has 3 nitrogen and oxygen atoms in total. The number of ketones is 1. The molecule has 0 N–H and O–H groups in total. The number of benzene rings is 2. The molecule has 0 saturated carbocycles. The zero-order chi connectivity index (χ0) is 20.0. The van der Waals surface area contributed by atoms with Gasteiger partial charge in [0.05, 0.1) is 7.11 Å². The van der Waals surface area contributed by atoms with Gasteiger partial charge in [0, 0.05) is 35.1 Å². The van der Waals surface area contributed by atoms with E-state index in [2.05, 4.69) is 23.7 Å². The molecule has 0 unspecified atom stereocenters. The molecule has 2 aromatic rings. The number of methoxy groups -OCH3 is 1. The predicted molar refractivity (Wildman–Crippen MR) is 108 cm³/mol. The van der Waals surface area contributed by atoms with Gasteiger partial charge in [-0.3, -0.25) is 9.59 Å². The van der Waals surface area contributed by atoms with E-state index in [9.17, 15) is 9.59 Å². The fraction of sp³-hybridized carbons (Fsp3) is 0.200. The van der Waals surface area contributed by atoms with Crippen molar-refractivity contribution in [1.82, 2.24) is 0 Å². The second-order valence-electron chi connectivity index (χ2n) is 6.67. The Hall–Kier alpha value is -3.56. The van der Waals surface area contributed by atoms with Gasteiger partial charge < -0.3 is 4.74 Å². The number of carbonyl (C=O) groups excluding carboxylic acids is 2. The first-order valence-electron chi connectivity index (χ1n) is 9.01. The minimum absolute atomic E-state index is 0.216. The molecule has 0 spiro atoms. The molecule has 0 radical (unpaired) electrons. The number of hydrogen-bond acceptors (Lipinski definition) is 3. The van der Waals surface area contributed by atoms with E-state index in [-0.39, 0.29) is 18.6 Å². The Balaban J connectivity index is 2.02. The molecule has 0 heterocycles. The van der Waals surface area contributed by atoms with Crippen molar-refractivity contribution < 1.29 is 14.3 Å². The van der Waals surface area contributed by atoms with Gasteiger partial charge >= 0.3 is 5.97 Å². The molecule has 138 valence electrons. The Morgan fingerprint density at radius 3 is 1.57 bits per heavy atom. The molecule has 0 aliphatic heterocycles. The van der Waals surface area contributed by atoms with Crippen LogP contribution in [0.2, 0.25) is 0 Å². The van der Waals surface area contributed by atoms with E-state index in [0.717, 1.165) is 11.1 Å². The van der Waals surface area contributed by atoms with E-state index < -0.39 is 11.4 Å². The predicted octanol–water partition coefficient (Wildman–Crippen LogP) is 3.93. The Labute approximate surface area is 165 Å². The molecule has 0 amide bonds. The number of esters is 1. The highest BCUT2D eigenvalue weighted by Crippen LogP contribution is 2.43. The van der Waals surface area contributed by atoms with E-state index in [4.69, 9.17) is 4.74 Å². The lowest BCUT2D eigenvalue weighted by atomic mass is 9.80. The lowest BCUT2D eigenvalue weighted by molar-refractivity contribution is -0.156. The quantitative estimate of drug-likeness (QED) is 0.458. The molecular weight excluding hydrogens is 348 g/mol. The summed E-state index contributed by atoms with van der Waals surface area (Å²) in [5, 5.41) is 0. The van der Waals surface area contributed by atoms with E-state index in [1.54, 1.807) is 0 Å². The van der Waals surface area contributed by atoms with Crippen LogP contribution in [0.4, 0.5) is 0 Å². The van der Waals surface area contributed by atoms with Crippen molar-refractivity contribution in [3.8, 4) is 23.7 Å². The Morgan fingerprint density at radius 2 is 1.21 bits per heavy atom. The molecule has 0 saturated heterocycles.